The number of carboxylic acids is 1. The van der Waals surface area contributed by atoms with Crippen LogP contribution in [0.5, 0.6) is 0 Å². The molecule has 1 atom stereocenters. The Hall–Kier alpha value is -2.46. The molecule has 1 aromatic carbocycles. The van der Waals surface area contributed by atoms with Crippen molar-refractivity contribution < 1.29 is 27.9 Å². The second-order valence-electron chi connectivity index (χ2n) is 7.90. The lowest BCUT2D eigenvalue weighted by molar-refractivity contribution is -0.192. The molecule has 1 aromatic heterocycles. The van der Waals surface area contributed by atoms with Gasteiger partial charge < -0.3 is 10.0 Å². The van der Waals surface area contributed by atoms with Crippen molar-refractivity contribution in [3.63, 3.8) is 0 Å². The minimum atomic E-state index is -5.08. The van der Waals surface area contributed by atoms with Gasteiger partial charge in [-0.3, -0.25) is 9.69 Å². The second-order valence-corrected chi connectivity index (χ2v) is 8.97. The maximum absolute atomic E-state index is 12.8. The van der Waals surface area contributed by atoms with E-state index in [1.807, 2.05) is 36.1 Å². The number of hydrogen-bond donors (Lipinski definition) is 1. The van der Waals surface area contributed by atoms with Crippen molar-refractivity contribution in [3.05, 3.63) is 51.5 Å². The number of hydrogen-bond acceptors (Lipinski definition) is 5. The van der Waals surface area contributed by atoms with Crippen LogP contribution in [0.2, 0.25) is 0 Å². The molecule has 10 heteroatoms. The Morgan fingerprint density at radius 3 is 2.42 bits per heavy atom. The van der Waals surface area contributed by atoms with Crippen LogP contribution >= 0.6 is 11.3 Å². The number of aryl methyl sites for hydroxylation is 2. The monoisotopic (exact) mass is 455 g/mol. The fourth-order valence-electron chi connectivity index (χ4n) is 3.96. The van der Waals surface area contributed by atoms with Crippen LogP contribution in [0.25, 0.3) is 0 Å². The fourth-order valence-corrected chi connectivity index (χ4v) is 4.57. The highest BCUT2D eigenvalue weighted by molar-refractivity contribution is 7.09. The Labute approximate surface area is 182 Å². The van der Waals surface area contributed by atoms with Crippen LogP contribution < -0.4 is 0 Å². The Morgan fingerprint density at radius 2 is 1.90 bits per heavy atom. The van der Waals surface area contributed by atoms with Gasteiger partial charge in [0.2, 0.25) is 0 Å². The lowest BCUT2D eigenvalue weighted by Crippen LogP contribution is -2.60. The first-order chi connectivity index (χ1) is 14.5. The van der Waals surface area contributed by atoms with Crippen molar-refractivity contribution in [2.45, 2.75) is 44.9 Å². The Kier molecular flexibility index (Phi) is 6.70. The first-order valence-corrected chi connectivity index (χ1v) is 10.7. The highest BCUT2D eigenvalue weighted by atomic mass is 32.1. The van der Waals surface area contributed by atoms with E-state index in [-0.39, 0.29) is 11.4 Å². The van der Waals surface area contributed by atoms with Gasteiger partial charge in [-0.1, -0.05) is 17.7 Å². The molecule has 2 aliphatic rings. The molecule has 31 heavy (non-hydrogen) atoms. The SMILES string of the molecule is Cc1cccc(C(=O)N2CCC3(CCN3Cc3csc(C)n3)C2)c1.O=C(O)C(F)(F)F. The number of carbonyl (C=O) groups excluding carboxylic acids is 1. The van der Waals surface area contributed by atoms with Crippen LogP contribution in [0.15, 0.2) is 29.6 Å². The molecule has 1 unspecified atom stereocenters. The first kappa shape index (κ1) is 23.2. The van der Waals surface area contributed by atoms with Gasteiger partial charge in [0.25, 0.3) is 5.91 Å². The molecular weight excluding hydrogens is 431 g/mol. The van der Waals surface area contributed by atoms with E-state index in [4.69, 9.17) is 9.90 Å². The van der Waals surface area contributed by atoms with E-state index in [0.717, 1.165) is 48.7 Å². The third-order valence-corrected chi connectivity index (χ3v) is 6.49. The molecule has 1 N–H and O–H groups in total. The zero-order chi connectivity index (χ0) is 22.8. The van der Waals surface area contributed by atoms with Gasteiger partial charge in [-0.05, 0) is 38.8 Å². The lowest BCUT2D eigenvalue weighted by atomic mass is 9.83. The third kappa shape index (κ3) is 5.43. The van der Waals surface area contributed by atoms with Crippen LogP contribution in [0.3, 0.4) is 0 Å². The van der Waals surface area contributed by atoms with E-state index in [2.05, 4.69) is 22.2 Å². The molecule has 1 amide bonds. The van der Waals surface area contributed by atoms with E-state index in [0.29, 0.717) is 0 Å². The van der Waals surface area contributed by atoms with Crippen LogP contribution in [0.4, 0.5) is 13.2 Å². The van der Waals surface area contributed by atoms with Gasteiger partial charge in [0, 0.05) is 42.7 Å². The number of amides is 1. The average Bonchev–Trinajstić information content (AvgIpc) is 3.32. The van der Waals surface area contributed by atoms with Gasteiger partial charge >= 0.3 is 12.1 Å². The van der Waals surface area contributed by atoms with Crippen LogP contribution in [0.1, 0.15) is 39.5 Å². The molecule has 2 aromatic rings. The summed E-state index contributed by atoms with van der Waals surface area (Å²) >= 11 is 1.71. The average molecular weight is 456 g/mol. The van der Waals surface area contributed by atoms with E-state index in [9.17, 15) is 18.0 Å². The zero-order valence-electron chi connectivity index (χ0n) is 17.3. The van der Waals surface area contributed by atoms with Crippen molar-refractivity contribution >= 4 is 23.2 Å². The smallest absolute Gasteiger partial charge is 0.475 e. The molecule has 1 spiro atoms. The lowest BCUT2D eigenvalue weighted by Gasteiger charge is -2.50. The number of alkyl halides is 3. The molecule has 0 radical (unpaired) electrons. The fraction of sp³-hybridized carbons (Fsp3) is 0.476. The van der Waals surface area contributed by atoms with Gasteiger partial charge in [-0.2, -0.15) is 13.2 Å². The number of carboxylic acid groups (broad SMARTS) is 1. The van der Waals surface area contributed by atoms with Crippen molar-refractivity contribution in [2.75, 3.05) is 19.6 Å². The highest BCUT2D eigenvalue weighted by Crippen LogP contribution is 2.40. The molecule has 6 nitrogen and oxygen atoms in total. The van der Waals surface area contributed by atoms with Crippen molar-refractivity contribution in [3.8, 4) is 0 Å². The zero-order valence-corrected chi connectivity index (χ0v) is 18.1. The minimum Gasteiger partial charge on any atom is -0.475 e. The van der Waals surface area contributed by atoms with Crippen LogP contribution in [0, 0.1) is 13.8 Å². The second kappa shape index (κ2) is 8.96. The molecule has 2 saturated heterocycles. The van der Waals surface area contributed by atoms with Gasteiger partial charge in [-0.15, -0.1) is 11.3 Å². The van der Waals surface area contributed by atoms with Crippen LogP contribution in [-0.4, -0.2) is 63.1 Å². The van der Waals surface area contributed by atoms with Crippen molar-refractivity contribution in [2.24, 2.45) is 0 Å². The van der Waals surface area contributed by atoms with Crippen molar-refractivity contribution in [1.82, 2.24) is 14.8 Å². The molecule has 2 fully saturated rings. The Morgan fingerprint density at radius 1 is 1.23 bits per heavy atom. The number of halogens is 3. The number of carbonyl (C=O) groups is 2. The molecule has 4 rings (SSSR count). The predicted octanol–water partition coefficient (Wildman–Crippen LogP) is 3.88. The minimum absolute atomic E-state index is 0.173. The Balaban J connectivity index is 0.000000339. The number of benzene rings is 1. The molecule has 0 bridgehead atoms. The topological polar surface area (TPSA) is 73.7 Å². The molecule has 3 heterocycles. The largest absolute Gasteiger partial charge is 0.490 e. The quantitative estimate of drug-likeness (QED) is 0.760. The van der Waals surface area contributed by atoms with Crippen molar-refractivity contribution in [1.29, 1.82) is 0 Å². The maximum Gasteiger partial charge on any atom is 0.490 e. The molecular formula is C21H24F3N3O3S. The predicted molar refractivity (Wildman–Crippen MR) is 110 cm³/mol. The number of thiazole rings is 1. The first-order valence-electron chi connectivity index (χ1n) is 9.82. The summed E-state index contributed by atoms with van der Waals surface area (Å²) in [7, 11) is 0. The maximum atomic E-state index is 12.8. The summed E-state index contributed by atoms with van der Waals surface area (Å²) in [5, 5.41) is 10.4. The number of likely N-dealkylation sites (tertiary alicyclic amines) is 2. The summed E-state index contributed by atoms with van der Waals surface area (Å²) in [6.45, 7) is 7.83. The number of aliphatic carboxylic acids is 1. The molecule has 168 valence electrons. The summed E-state index contributed by atoms with van der Waals surface area (Å²) in [4.78, 5) is 30.8. The number of rotatable bonds is 3. The van der Waals surface area contributed by atoms with Crippen LogP contribution in [-0.2, 0) is 11.3 Å². The normalized spacial score (nSPS) is 20.9. The Bertz CT molecular complexity index is 963. The molecule has 2 aliphatic heterocycles. The van der Waals surface area contributed by atoms with E-state index in [1.165, 1.54) is 12.1 Å². The van der Waals surface area contributed by atoms with Gasteiger partial charge in [-0.25, -0.2) is 9.78 Å². The molecule has 0 saturated carbocycles. The highest BCUT2D eigenvalue weighted by Gasteiger charge is 2.50. The van der Waals surface area contributed by atoms with Gasteiger partial charge in [0.1, 0.15) is 0 Å². The van der Waals surface area contributed by atoms with E-state index in [1.54, 1.807) is 11.3 Å². The van der Waals surface area contributed by atoms with E-state index < -0.39 is 12.1 Å². The number of aromatic nitrogens is 1. The number of nitrogens with zero attached hydrogens (tertiary/aromatic N) is 3. The molecule has 0 aliphatic carbocycles. The third-order valence-electron chi connectivity index (χ3n) is 5.66. The van der Waals surface area contributed by atoms with Gasteiger partial charge in [0.15, 0.2) is 0 Å². The standard InChI is InChI=1S/C19H23N3OS.C2HF3O2/c1-14-4-3-5-16(10-14)18(23)21-8-6-19(13-21)7-9-22(19)11-17-12-24-15(2)20-17;3-2(4,5)1(6)7/h3-5,10,12H,6-9,11,13H2,1-2H3;(H,6,7). The van der Waals surface area contributed by atoms with E-state index >= 15 is 0 Å². The summed E-state index contributed by atoms with van der Waals surface area (Å²) < 4.78 is 31.7. The summed E-state index contributed by atoms with van der Waals surface area (Å²) in [5.74, 6) is -2.58. The summed E-state index contributed by atoms with van der Waals surface area (Å²) in [5.41, 5.74) is 3.30. The van der Waals surface area contributed by atoms with Gasteiger partial charge in [0.05, 0.1) is 10.7 Å². The summed E-state index contributed by atoms with van der Waals surface area (Å²) in [6.07, 6.45) is -2.82. The summed E-state index contributed by atoms with van der Waals surface area (Å²) in [6, 6.07) is 7.92.